The van der Waals surface area contributed by atoms with Crippen LogP contribution < -0.4 is 10.1 Å². The normalized spacial score (nSPS) is 16.6. The van der Waals surface area contributed by atoms with Gasteiger partial charge in [0.25, 0.3) is 0 Å². The van der Waals surface area contributed by atoms with Crippen LogP contribution in [0.1, 0.15) is 30.5 Å². The number of aryl methyl sites for hydroxylation is 2. The maximum absolute atomic E-state index is 12.4. The van der Waals surface area contributed by atoms with Crippen molar-refractivity contribution in [2.45, 2.75) is 46.4 Å². The van der Waals surface area contributed by atoms with Crippen LogP contribution >= 0.6 is 0 Å². The number of hydrogen-bond acceptors (Lipinski definition) is 4. The van der Waals surface area contributed by atoms with Crippen molar-refractivity contribution in [1.82, 2.24) is 10.2 Å². The van der Waals surface area contributed by atoms with Gasteiger partial charge in [0.05, 0.1) is 13.2 Å². The summed E-state index contributed by atoms with van der Waals surface area (Å²) < 4.78 is 34.9. The Balaban J connectivity index is 1.92. The third-order valence-corrected chi connectivity index (χ3v) is 4.48. The summed E-state index contributed by atoms with van der Waals surface area (Å²) in [6.07, 6.45) is 0. The molecule has 0 radical (unpaired) electrons. The number of ether oxygens (including phenoxy) is 2. The van der Waals surface area contributed by atoms with Crippen LogP contribution in [0.4, 0.5) is 8.78 Å². The molecule has 2 rings (SSSR count). The summed E-state index contributed by atoms with van der Waals surface area (Å²) in [5, 5.41) is 3.48. The average molecular weight is 342 g/mol. The topological polar surface area (TPSA) is 33.7 Å². The minimum atomic E-state index is -2.79. The molecule has 0 atom stereocenters. The summed E-state index contributed by atoms with van der Waals surface area (Å²) in [4.78, 5) is 2.43. The highest BCUT2D eigenvalue weighted by atomic mass is 19.3. The number of alkyl halides is 2. The third-order valence-electron chi connectivity index (χ3n) is 4.48. The zero-order chi connectivity index (χ0) is 17.7. The Bertz CT molecular complexity index is 521. The molecule has 1 fully saturated rings. The largest absolute Gasteiger partial charge is 0.434 e. The molecule has 0 saturated carbocycles. The van der Waals surface area contributed by atoms with Gasteiger partial charge in [-0.1, -0.05) is 12.1 Å². The molecule has 0 bridgehead atoms. The summed E-state index contributed by atoms with van der Waals surface area (Å²) in [6.45, 7) is 10.3. The Kier molecular flexibility index (Phi) is 6.54. The van der Waals surface area contributed by atoms with Gasteiger partial charge in [0.1, 0.15) is 5.75 Å². The molecule has 1 aromatic rings. The molecule has 0 spiro atoms. The molecule has 1 saturated heterocycles. The number of rotatable bonds is 7. The highest BCUT2D eigenvalue weighted by Gasteiger charge is 2.27. The zero-order valence-corrected chi connectivity index (χ0v) is 15.0. The Hall–Kier alpha value is -1.24. The highest BCUT2D eigenvalue weighted by Crippen LogP contribution is 2.26. The van der Waals surface area contributed by atoms with Crippen LogP contribution in [0.5, 0.6) is 5.75 Å². The Morgan fingerprint density at radius 2 is 1.79 bits per heavy atom. The SMILES string of the molecule is Cc1cc(CNCC(C)(C)N2CCOCC2)cc(C)c1OC(F)F. The first-order chi connectivity index (χ1) is 11.3. The first-order valence-corrected chi connectivity index (χ1v) is 8.38. The van der Waals surface area contributed by atoms with E-state index in [1.165, 1.54) is 0 Å². The number of nitrogens with zero attached hydrogens (tertiary/aromatic N) is 1. The first kappa shape index (κ1) is 19.1. The third kappa shape index (κ3) is 5.13. The van der Waals surface area contributed by atoms with Gasteiger partial charge in [0.15, 0.2) is 0 Å². The van der Waals surface area contributed by atoms with Crippen molar-refractivity contribution in [2.24, 2.45) is 0 Å². The van der Waals surface area contributed by atoms with E-state index in [1.54, 1.807) is 13.8 Å². The molecule has 24 heavy (non-hydrogen) atoms. The molecular formula is C18H28F2N2O2. The van der Waals surface area contributed by atoms with E-state index >= 15 is 0 Å². The molecule has 0 unspecified atom stereocenters. The van der Waals surface area contributed by atoms with E-state index in [-0.39, 0.29) is 11.3 Å². The quantitative estimate of drug-likeness (QED) is 0.826. The van der Waals surface area contributed by atoms with E-state index in [1.807, 2.05) is 12.1 Å². The smallest absolute Gasteiger partial charge is 0.387 e. The summed E-state index contributed by atoms with van der Waals surface area (Å²) in [7, 11) is 0. The van der Waals surface area contributed by atoms with E-state index < -0.39 is 6.61 Å². The molecule has 0 aliphatic carbocycles. The maximum atomic E-state index is 12.4. The van der Waals surface area contributed by atoms with E-state index in [2.05, 4.69) is 28.8 Å². The molecule has 0 aromatic heterocycles. The standard InChI is InChI=1S/C18H28F2N2O2/c1-13-9-15(10-14(2)16(13)24-17(19)20)11-21-12-18(3,4)22-5-7-23-8-6-22/h9-10,17,21H,5-8,11-12H2,1-4H3. The van der Waals surface area contributed by atoms with Crippen LogP contribution in [-0.2, 0) is 11.3 Å². The lowest BCUT2D eigenvalue weighted by molar-refractivity contribution is -0.0507. The number of nitrogens with one attached hydrogen (secondary N) is 1. The lowest BCUT2D eigenvalue weighted by Gasteiger charge is -2.41. The van der Waals surface area contributed by atoms with E-state index in [9.17, 15) is 8.78 Å². The van der Waals surface area contributed by atoms with Gasteiger partial charge in [0, 0.05) is 31.7 Å². The lowest BCUT2D eigenvalue weighted by Crippen LogP contribution is -2.54. The second-order valence-electron chi connectivity index (χ2n) is 6.95. The summed E-state index contributed by atoms with van der Waals surface area (Å²) in [6, 6.07) is 3.80. The van der Waals surface area contributed by atoms with Crippen molar-refractivity contribution < 1.29 is 18.3 Å². The van der Waals surface area contributed by atoms with Crippen molar-refractivity contribution in [1.29, 1.82) is 0 Å². The predicted molar refractivity (Wildman–Crippen MR) is 90.7 cm³/mol. The van der Waals surface area contributed by atoms with E-state index in [0.29, 0.717) is 6.54 Å². The van der Waals surface area contributed by atoms with Gasteiger partial charge in [-0.25, -0.2) is 0 Å². The van der Waals surface area contributed by atoms with Crippen LogP contribution in [0, 0.1) is 13.8 Å². The number of benzene rings is 1. The molecule has 1 N–H and O–H groups in total. The van der Waals surface area contributed by atoms with Crippen molar-refractivity contribution in [3.63, 3.8) is 0 Å². The molecule has 6 heteroatoms. The van der Waals surface area contributed by atoms with Gasteiger partial charge in [0.2, 0.25) is 0 Å². The van der Waals surface area contributed by atoms with Gasteiger partial charge in [-0.15, -0.1) is 0 Å². The Labute approximate surface area is 143 Å². The molecular weight excluding hydrogens is 314 g/mol. The van der Waals surface area contributed by atoms with Gasteiger partial charge < -0.3 is 14.8 Å². The number of halogens is 2. The van der Waals surface area contributed by atoms with E-state index in [4.69, 9.17) is 4.74 Å². The second-order valence-corrected chi connectivity index (χ2v) is 6.95. The van der Waals surface area contributed by atoms with Gasteiger partial charge in [-0.2, -0.15) is 8.78 Å². The van der Waals surface area contributed by atoms with Crippen LogP contribution in [-0.4, -0.2) is 49.9 Å². The zero-order valence-electron chi connectivity index (χ0n) is 15.0. The molecule has 1 aliphatic rings. The lowest BCUT2D eigenvalue weighted by atomic mass is 10.0. The minimum Gasteiger partial charge on any atom is -0.434 e. The summed E-state index contributed by atoms with van der Waals surface area (Å²) in [5.41, 5.74) is 2.59. The van der Waals surface area contributed by atoms with E-state index in [0.717, 1.165) is 49.5 Å². The van der Waals surface area contributed by atoms with Crippen LogP contribution in [0.25, 0.3) is 0 Å². The van der Waals surface area contributed by atoms with Crippen molar-refractivity contribution in [3.05, 3.63) is 28.8 Å². The monoisotopic (exact) mass is 342 g/mol. The molecule has 1 heterocycles. The molecule has 136 valence electrons. The number of hydrogen-bond donors (Lipinski definition) is 1. The fourth-order valence-corrected chi connectivity index (χ4v) is 3.21. The van der Waals surface area contributed by atoms with Crippen molar-refractivity contribution in [3.8, 4) is 5.75 Å². The van der Waals surface area contributed by atoms with Crippen LogP contribution in [0.15, 0.2) is 12.1 Å². The number of morpholine rings is 1. The van der Waals surface area contributed by atoms with Gasteiger partial charge in [-0.05, 0) is 44.4 Å². The minimum absolute atomic E-state index is 0.0482. The fraction of sp³-hybridized carbons (Fsp3) is 0.667. The molecule has 1 aliphatic heterocycles. The fourth-order valence-electron chi connectivity index (χ4n) is 3.21. The average Bonchev–Trinajstić information content (AvgIpc) is 2.51. The Morgan fingerprint density at radius 3 is 2.33 bits per heavy atom. The maximum Gasteiger partial charge on any atom is 0.387 e. The molecule has 4 nitrogen and oxygen atoms in total. The Morgan fingerprint density at radius 1 is 1.21 bits per heavy atom. The van der Waals surface area contributed by atoms with Crippen molar-refractivity contribution >= 4 is 0 Å². The first-order valence-electron chi connectivity index (χ1n) is 8.38. The molecule has 0 amide bonds. The van der Waals surface area contributed by atoms with Crippen LogP contribution in [0.3, 0.4) is 0 Å². The summed E-state index contributed by atoms with van der Waals surface area (Å²) >= 11 is 0. The van der Waals surface area contributed by atoms with Gasteiger partial charge in [-0.3, -0.25) is 4.90 Å². The van der Waals surface area contributed by atoms with Gasteiger partial charge >= 0.3 is 6.61 Å². The second kappa shape index (κ2) is 8.23. The van der Waals surface area contributed by atoms with Crippen LogP contribution in [0.2, 0.25) is 0 Å². The molecule has 1 aromatic carbocycles. The van der Waals surface area contributed by atoms with Crippen molar-refractivity contribution in [2.75, 3.05) is 32.8 Å². The summed E-state index contributed by atoms with van der Waals surface area (Å²) in [5.74, 6) is 0.280. The predicted octanol–water partition coefficient (Wildman–Crippen LogP) is 3.11. The highest BCUT2D eigenvalue weighted by molar-refractivity contribution is 5.43.